The molecule has 1 aromatic rings. The normalized spacial score (nSPS) is 11.7. The summed E-state index contributed by atoms with van der Waals surface area (Å²) in [6.07, 6.45) is -0.592. The highest BCUT2D eigenvalue weighted by Gasteiger charge is 2.12. The maximum absolute atomic E-state index is 11.4. The highest BCUT2D eigenvalue weighted by molar-refractivity contribution is 9.10. The number of aliphatic carboxylic acids is 1. The molecule has 0 aromatic heterocycles. The first-order valence-electron chi connectivity index (χ1n) is 6.55. The number of rotatable bonds is 9. The molecule has 0 spiro atoms. The number of amides is 1. The molecule has 0 fully saturated rings. The molecule has 0 aliphatic carbocycles. The molecule has 116 valence electrons. The van der Waals surface area contributed by atoms with Gasteiger partial charge in [0.15, 0.2) is 6.10 Å². The number of nitrogens with one attached hydrogen (secondary N) is 1. The lowest BCUT2D eigenvalue weighted by atomic mass is 10.2. The van der Waals surface area contributed by atoms with Gasteiger partial charge in [-0.15, -0.1) is 0 Å². The molecule has 7 heteroatoms. The van der Waals surface area contributed by atoms with Gasteiger partial charge in [0.25, 0.3) is 0 Å². The van der Waals surface area contributed by atoms with Crippen molar-refractivity contribution in [2.45, 2.75) is 25.4 Å². The summed E-state index contributed by atoms with van der Waals surface area (Å²) in [5.41, 5.74) is 0. The molecule has 0 aliphatic heterocycles. The van der Waals surface area contributed by atoms with Crippen LogP contribution in [-0.4, -0.2) is 41.3 Å². The van der Waals surface area contributed by atoms with E-state index in [0.717, 1.165) is 10.2 Å². The molecule has 0 saturated carbocycles. The van der Waals surface area contributed by atoms with Crippen molar-refractivity contribution in [3.63, 3.8) is 0 Å². The van der Waals surface area contributed by atoms with Crippen molar-refractivity contribution in [1.29, 1.82) is 0 Å². The highest BCUT2D eigenvalue weighted by Crippen LogP contribution is 2.16. The van der Waals surface area contributed by atoms with Gasteiger partial charge in [-0.1, -0.05) is 15.9 Å². The van der Waals surface area contributed by atoms with Crippen LogP contribution >= 0.6 is 15.9 Å². The van der Waals surface area contributed by atoms with E-state index in [4.69, 9.17) is 14.9 Å². The maximum atomic E-state index is 11.4. The quantitative estimate of drug-likeness (QED) is 0.581. The zero-order chi connectivity index (χ0) is 15.7. The average molecular weight is 360 g/mol. The number of aliphatic hydroxyl groups is 1. The van der Waals surface area contributed by atoms with Gasteiger partial charge < -0.3 is 20.3 Å². The molecule has 1 amide bonds. The van der Waals surface area contributed by atoms with Crippen LogP contribution in [0.4, 0.5) is 0 Å². The minimum absolute atomic E-state index is 0.00351. The van der Waals surface area contributed by atoms with E-state index >= 15 is 0 Å². The van der Waals surface area contributed by atoms with Crippen LogP contribution in [0, 0.1) is 0 Å². The Kier molecular flexibility index (Phi) is 7.78. The second-order valence-corrected chi connectivity index (χ2v) is 5.31. The average Bonchev–Trinajstić information content (AvgIpc) is 2.45. The molecule has 21 heavy (non-hydrogen) atoms. The van der Waals surface area contributed by atoms with Crippen molar-refractivity contribution in [2.75, 3.05) is 13.2 Å². The molecule has 6 nitrogen and oxygen atoms in total. The number of halogens is 1. The number of benzene rings is 1. The fourth-order valence-electron chi connectivity index (χ4n) is 1.51. The number of aliphatic hydroxyl groups excluding tert-OH is 1. The SMILES string of the molecule is O=C(CCCOc1ccc(Br)cc1)NCC[C@H](O)C(=O)O. The summed E-state index contributed by atoms with van der Waals surface area (Å²) in [5.74, 6) is -0.734. The lowest BCUT2D eigenvalue weighted by Crippen LogP contribution is -2.30. The molecule has 1 aromatic carbocycles. The zero-order valence-electron chi connectivity index (χ0n) is 11.4. The standard InChI is InChI=1S/C14H18BrNO5/c15-10-3-5-11(6-4-10)21-9-1-2-13(18)16-8-7-12(17)14(19)20/h3-6,12,17H,1-2,7-9H2,(H,16,18)(H,19,20)/t12-/m0/s1. The Labute approximate surface area is 131 Å². The van der Waals surface area contributed by atoms with Crippen molar-refractivity contribution in [1.82, 2.24) is 5.32 Å². The predicted octanol–water partition coefficient (Wildman–Crippen LogP) is 1.56. The van der Waals surface area contributed by atoms with E-state index in [1.807, 2.05) is 24.3 Å². The molecule has 0 radical (unpaired) electrons. The third-order valence-electron chi connectivity index (χ3n) is 2.66. The van der Waals surface area contributed by atoms with E-state index in [1.54, 1.807) is 0 Å². The number of hydrogen-bond donors (Lipinski definition) is 3. The maximum Gasteiger partial charge on any atom is 0.332 e. The first-order valence-corrected chi connectivity index (χ1v) is 7.34. The Bertz CT molecular complexity index is 463. The van der Waals surface area contributed by atoms with Crippen LogP contribution in [0.25, 0.3) is 0 Å². The molecular weight excluding hydrogens is 342 g/mol. The van der Waals surface area contributed by atoms with Crippen molar-refractivity contribution in [3.05, 3.63) is 28.7 Å². The minimum atomic E-state index is -1.44. The Morgan fingerprint density at radius 2 is 1.95 bits per heavy atom. The smallest absolute Gasteiger partial charge is 0.332 e. The second-order valence-electron chi connectivity index (χ2n) is 4.40. The summed E-state index contributed by atoms with van der Waals surface area (Å²) in [6.45, 7) is 0.562. The van der Waals surface area contributed by atoms with Crippen LogP contribution in [0.2, 0.25) is 0 Å². The predicted molar refractivity (Wildman–Crippen MR) is 80.1 cm³/mol. The topological polar surface area (TPSA) is 95.9 Å². The van der Waals surface area contributed by atoms with Crippen molar-refractivity contribution in [3.8, 4) is 5.75 Å². The summed E-state index contributed by atoms with van der Waals surface area (Å²) in [7, 11) is 0. The van der Waals surface area contributed by atoms with Crippen molar-refractivity contribution in [2.24, 2.45) is 0 Å². The fraction of sp³-hybridized carbons (Fsp3) is 0.429. The minimum Gasteiger partial charge on any atom is -0.494 e. The molecule has 0 bridgehead atoms. The zero-order valence-corrected chi connectivity index (χ0v) is 13.0. The first-order chi connectivity index (χ1) is 9.99. The number of carbonyl (C=O) groups is 2. The number of hydrogen-bond acceptors (Lipinski definition) is 4. The van der Waals surface area contributed by atoms with Crippen LogP contribution < -0.4 is 10.1 Å². The van der Waals surface area contributed by atoms with Gasteiger partial charge in [0.1, 0.15) is 5.75 Å². The lowest BCUT2D eigenvalue weighted by Gasteiger charge is -2.08. The Morgan fingerprint density at radius 3 is 2.57 bits per heavy atom. The van der Waals surface area contributed by atoms with Gasteiger partial charge in [-0.2, -0.15) is 0 Å². The van der Waals surface area contributed by atoms with Crippen LogP contribution in [0.1, 0.15) is 19.3 Å². The Balaban J connectivity index is 2.08. The summed E-state index contributed by atoms with van der Waals surface area (Å²) >= 11 is 3.33. The summed E-state index contributed by atoms with van der Waals surface area (Å²) in [6, 6.07) is 7.40. The molecule has 0 heterocycles. The van der Waals surface area contributed by atoms with E-state index in [-0.39, 0.29) is 18.9 Å². The third-order valence-corrected chi connectivity index (χ3v) is 3.18. The largest absolute Gasteiger partial charge is 0.494 e. The molecule has 0 aliphatic rings. The van der Waals surface area contributed by atoms with Gasteiger partial charge in [-0.05, 0) is 30.7 Å². The van der Waals surface area contributed by atoms with Gasteiger partial charge in [-0.25, -0.2) is 4.79 Å². The monoisotopic (exact) mass is 359 g/mol. The Hall–Kier alpha value is -1.60. The van der Waals surface area contributed by atoms with Gasteiger partial charge in [-0.3, -0.25) is 4.79 Å². The number of ether oxygens (including phenoxy) is 1. The molecular formula is C14H18BrNO5. The van der Waals surface area contributed by atoms with Gasteiger partial charge >= 0.3 is 5.97 Å². The molecule has 1 atom stereocenters. The van der Waals surface area contributed by atoms with Crippen molar-refractivity contribution >= 4 is 27.8 Å². The summed E-state index contributed by atoms with van der Waals surface area (Å²) < 4.78 is 6.44. The van der Waals surface area contributed by atoms with E-state index < -0.39 is 12.1 Å². The van der Waals surface area contributed by atoms with Gasteiger partial charge in [0, 0.05) is 23.9 Å². The molecule has 1 rings (SSSR count). The number of carboxylic acids is 1. The van der Waals surface area contributed by atoms with Crippen LogP contribution in [0.5, 0.6) is 5.75 Å². The van der Waals surface area contributed by atoms with Crippen molar-refractivity contribution < 1.29 is 24.5 Å². The third kappa shape index (κ3) is 7.67. The highest BCUT2D eigenvalue weighted by atomic mass is 79.9. The van der Waals surface area contributed by atoms with Gasteiger partial charge in [0.2, 0.25) is 5.91 Å². The summed E-state index contributed by atoms with van der Waals surface area (Å²) in [5, 5.41) is 20.0. The van der Waals surface area contributed by atoms with E-state index in [0.29, 0.717) is 19.4 Å². The molecule has 0 unspecified atom stereocenters. The van der Waals surface area contributed by atoms with E-state index in [1.165, 1.54) is 0 Å². The molecule has 3 N–H and O–H groups in total. The van der Waals surface area contributed by atoms with E-state index in [2.05, 4.69) is 21.2 Å². The van der Waals surface area contributed by atoms with Crippen LogP contribution in [-0.2, 0) is 9.59 Å². The number of carbonyl (C=O) groups excluding carboxylic acids is 1. The van der Waals surface area contributed by atoms with E-state index in [9.17, 15) is 9.59 Å². The fourth-order valence-corrected chi connectivity index (χ4v) is 1.78. The lowest BCUT2D eigenvalue weighted by molar-refractivity contribution is -0.147. The van der Waals surface area contributed by atoms with Crippen LogP contribution in [0.15, 0.2) is 28.7 Å². The Morgan fingerprint density at radius 1 is 1.29 bits per heavy atom. The molecule has 0 saturated heterocycles. The van der Waals surface area contributed by atoms with Crippen LogP contribution in [0.3, 0.4) is 0 Å². The summed E-state index contributed by atoms with van der Waals surface area (Å²) in [4.78, 5) is 21.8. The number of carboxylic acid groups (broad SMARTS) is 1. The second kappa shape index (κ2) is 9.36. The first kappa shape index (κ1) is 17.5. The van der Waals surface area contributed by atoms with Gasteiger partial charge in [0.05, 0.1) is 6.61 Å².